The molecule has 36 heavy (non-hydrogen) atoms. The first-order valence-electron chi connectivity index (χ1n) is 12.2. The van der Waals surface area contributed by atoms with Crippen LogP contribution in [0.15, 0.2) is 66.9 Å². The van der Waals surface area contributed by atoms with Gasteiger partial charge in [-0.25, -0.2) is 4.98 Å². The molecule has 1 amide bonds. The average molecular weight is 497 g/mol. The molecule has 2 aromatic carbocycles. The van der Waals surface area contributed by atoms with Gasteiger partial charge >= 0.3 is 6.18 Å². The summed E-state index contributed by atoms with van der Waals surface area (Å²) in [5.41, 5.74) is 2.53. The third-order valence-corrected chi connectivity index (χ3v) is 6.45. The van der Waals surface area contributed by atoms with Crippen molar-refractivity contribution >= 4 is 17.4 Å². The average Bonchev–Trinajstić information content (AvgIpc) is 3.10. The van der Waals surface area contributed by atoms with Crippen LogP contribution >= 0.6 is 0 Å². The minimum absolute atomic E-state index is 0.151. The number of amides is 1. The van der Waals surface area contributed by atoms with Gasteiger partial charge in [0.05, 0.1) is 17.4 Å². The maximum Gasteiger partial charge on any atom is 0.416 e. The second-order valence-corrected chi connectivity index (χ2v) is 9.45. The Balaban J connectivity index is 1.31. The maximum atomic E-state index is 12.7. The standard InChI is InChI=1S/C28H31F3N4O/c1-20(2)22-6-4-21(5-7-22)19-34-14-3-15-35(17-16-34)26-13-12-25(18-32-26)33-27(36)23-8-10-24(11-9-23)28(29,30)31/h4-13,18,20H,3,14-17,19H2,1-2H3,(H,33,36). The summed E-state index contributed by atoms with van der Waals surface area (Å²) in [6, 6.07) is 16.6. The molecule has 1 aliphatic rings. The molecule has 1 fully saturated rings. The number of halogens is 3. The van der Waals surface area contributed by atoms with E-state index >= 15 is 0 Å². The smallest absolute Gasteiger partial charge is 0.355 e. The van der Waals surface area contributed by atoms with Crippen molar-refractivity contribution in [3.8, 4) is 0 Å². The summed E-state index contributed by atoms with van der Waals surface area (Å²) in [6.07, 6.45) is -1.83. The lowest BCUT2D eigenvalue weighted by Crippen LogP contribution is -2.31. The molecular formula is C28H31F3N4O. The van der Waals surface area contributed by atoms with Gasteiger partial charge < -0.3 is 10.2 Å². The summed E-state index contributed by atoms with van der Waals surface area (Å²) in [5.74, 6) is 0.888. The molecule has 5 nitrogen and oxygen atoms in total. The molecule has 2 heterocycles. The fourth-order valence-corrected chi connectivity index (χ4v) is 4.29. The zero-order valence-electron chi connectivity index (χ0n) is 20.6. The Labute approximate surface area is 210 Å². The number of alkyl halides is 3. The first kappa shape index (κ1) is 25.7. The molecule has 0 radical (unpaired) electrons. The highest BCUT2D eigenvalue weighted by Crippen LogP contribution is 2.29. The van der Waals surface area contributed by atoms with Gasteiger partial charge in [-0.15, -0.1) is 0 Å². The minimum atomic E-state index is -4.43. The van der Waals surface area contributed by atoms with Gasteiger partial charge in [0, 0.05) is 38.3 Å². The van der Waals surface area contributed by atoms with Crippen molar-refractivity contribution < 1.29 is 18.0 Å². The van der Waals surface area contributed by atoms with Gasteiger partial charge in [-0.1, -0.05) is 38.1 Å². The Morgan fingerprint density at radius 1 is 0.944 bits per heavy atom. The number of carbonyl (C=O) groups excluding carboxylic acids is 1. The Morgan fingerprint density at radius 3 is 2.28 bits per heavy atom. The van der Waals surface area contributed by atoms with Crippen LogP contribution in [0.1, 0.15) is 53.2 Å². The number of carbonyl (C=O) groups is 1. The molecule has 0 saturated carbocycles. The molecule has 0 aliphatic carbocycles. The van der Waals surface area contributed by atoms with E-state index in [4.69, 9.17) is 0 Å². The largest absolute Gasteiger partial charge is 0.416 e. The van der Waals surface area contributed by atoms with E-state index in [2.05, 4.69) is 58.2 Å². The first-order chi connectivity index (χ1) is 17.2. The van der Waals surface area contributed by atoms with Crippen LogP contribution in [0.5, 0.6) is 0 Å². The van der Waals surface area contributed by atoms with Gasteiger partial charge in [-0.2, -0.15) is 13.2 Å². The highest BCUT2D eigenvalue weighted by molar-refractivity contribution is 6.04. The minimum Gasteiger partial charge on any atom is -0.355 e. The topological polar surface area (TPSA) is 48.5 Å². The number of benzene rings is 2. The zero-order valence-corrected chi connectivity index (χ0v) is 20.6. The Bertz CT molecular complexity index is 1140. The van der Waals surface area contributed by atoms with E-state index in [1.807, 2.05) is 6.07 Å². The Hall–Kier alpha value is -3.39. The normalized spacial score (nSPS) is 15.1. The van der Waals surface area contributed by atoms with Gasteiger partial charge in [0.2, 0.25) is 0 Å². The third-order valence-electron chi connectivity index (χ3n) is 6.45. The molecule has 1 aromatic heterocycles. The number of pyridine rings is 1. The molecule has 8 heteroatoms. The van der Waals surface area contributed by atoms with Crippen LogP contribution in [0.2, 0.25) is 0 Å². The van der Waals surface area contributed by atoms with E-state index in [1.165, 1.54) is 23.3 Å². The van der Waals surface area contributed by atoms with Crippen molar-refractivity contribution in [3.05, 3.63) is 89.1 Å². The maximum absolute atomic E-state index is 12.7. The molecule has 0 spiro atoms. The molecule has 190 valence electrons. The summed E-state index contributed by atoms with van der Waals surface area (Å²) in [5, 5.41) is 2.69. The summed E-state index contributed by atoms with van der Waals surface area (Å²) < 4.78 is 38.2. The first-order valence-corrected chi connectivity index (χ1v) is 12.2. The van der Waals surface area contributed by atoms with Crippen molar-refractivity contribution in [1.82, 2.24) is 9.88 Å². The highest BCUT2D eigenvalue weighted by atomic mass is 19.4. The molecular weight excluding hydrogens is 465 g/mol. The van der Waals surface area contributed by atoms with Crippen LogP contribution in [0, 0.1) is 0 Å². The van der Waals surface area contributed by atoms with E-state index in [0.717, 1.165) is 57.1 Å². The molecule has 1 N–H and O–H groups in total. The zero-order chi connectivity index (χ0) is 25.7. The van der Waals surface area contributed by atoms with Crippen molar-refractivity contribution in [1.29, 1.82) is 0 Å². The fourth-order valence-electron chi connectivity index (χ4n) is 4.29. The second kappa shape index (κ2) is 11.1. The van der Waals surface area contributed by atoms with Crippen molar-refractivity contribution in [2.24, 2.45) is 0 Å². The van der Waals surface area contributed by atoms with E-state index < -0.39 is 17.6 Å². The number of hydrogen-bond donors (Lipinski definition) is 1. The monoisotopic (exact) mass is 496 g/mol. The third kappa shape index (κ3) is 6.63. The predicted octanol–water partition coefficient (Wildman–Crippen LogP) is 6.19. The van der Waals surface area contributed by atoms with Gasteiger partial charge in [-0.3, -0.25) is 9.69 Å². The van der Waals surface area contributed by atoms with Gasteiger partial charge in [-0.05, 0) is 59.9 Å². The van der Waals surface area contributed by atoms with Crippen LogP contribution in [0.4, 0.5) is 24.7 Å². The van der Waals surface area contributed by atoms with E-state index in [9.17, 15) is 18.0 Å². The Kier molecular flexibility index (Phi) is 7.94. The summed E-state index contributed by atoms with van der Waals surface area (Å²) in [6.45, 7) is 9.03. The van der Waals surface area contributed by atoms with Crippen molar-refractivity contribution in [3.63, 3.8) is 0 Å². The number of nitrogens with zero attached hydrogens (tertiary/aromatic N) is 3. The molecule has 0 bridgehead atoms. The van der Waals surface area contributed by atoms with Crippen LogP contribution in [0.3, 0.4) is 0 Å². The number of nitrogens with one attached hydrogen (secondary N) is 1. The van der Waals surface area contributed by atoms with Crippen molar-refractivity contribution in [2.45, 2.75) is 38.9 Å². The van der Waals surface area contributed by atoms with E-state index in [1.54, 1.807) is 12.3 Å². The van der Waals surface area contributed by atoms with Gasteiger partial charge in [0.1, 0.15) is 5.82 Å². The van der Waals surface area contributed by atoms with Crippen LogP contribution in [-0.4, -0.2) is 42.0 Å². The van der Waals surface area contributed by atoms with Gasteiger partial charge in [0.25, 0.3) is 5.91 Å². The van der Waals surface area contributed by atoms with E-state index in [0.29, 0.717) is 11.6 Å². The lowest BCUT2D eigenvalue weighted by molar-refractivity contribution is -0.137. The van der Waals surface area contributed by atoms with Crippen LogP contribution in [-0.2, 0) is 12.7 Å². The number of hydrogen-bond acceptors (Lipinski definition) is 4. The summed E-state index contributed by atoms with van der Waals surface area (Å²) >= 11 is 0. The number of rotatable bonds is 6. The van der Waals surface area contributed by atoms with E-state index in [-0.39, 0.29) is 5.56 Å². The number of aromatic nitrogens is 1. The molecule has 1 aliphatic heterocycles. The molecule has 0 unspecified atom stereocenters. The predicted molar refractivity (Wildman–Crippen MR) is 136 cm³/mol. The lowest BCUT2D eigenvalue weighted by Gasteiger charge is -2.23. The molecule has 3 aromatic rings. The van der Waals surface area contributed by atoms with Crippen LogP contribution < -0.4 is 10.2 Å². The van der Waals surface area contributed by atoms with Gasteiger partial charge in [0.15, 0.2) is 0 Å². The highest BCUT2D eigenvalue weighted by Gasteiger charge is 2.30. The Morgan fingerprint density at radius 2 is 1.67 bits per heavy atom. The quantitative estimate of drug-likeness (QED) is 0.442. The fraction of sp³-hybridized carbons (Fsp3) is 0.357. The van der Waals surface area contributed by atoms with Crippen molar-refractivity contribution in [2.75, 3.05) is 36.4 Å². The summed E-state index contributed by atoms with van der Waals surface area (Å²) in [7, 11) is 0. The summed E-state index contributed by atoms with van der Waals surface area (Å²) in [4.78, 5) is 21.6. The lowest BCUT2D eigenvalue weighted by atomic mass is 10.0. The molecule has 4 rings (SSSR count). The number of anilines is 2. The SMILES string of the molecule is CC(C)c1ccc(CN2CCCN(c3ccc(NC(=O)c4ccc(C(F)(F)F)cc4)cn3)CC2)cc1. The molecule has 0 atom stereocenters. The van der Waals surface area contributed by atoms with Crippen LogP contribution in [0.25, 0.3) is 0 Å². The second-order valence-electron chi connectivity index (χ2n) is 9.45. The molecule has 1 saturated heterocycles.